The van der Waals surface area contributed by atoms with Gasteiger partial charge in [0, 0.05) is 18.5 Å². The molecule has 5 rings (SSSR count). The van der Waals surface area contributed by atoms with Gasteiger partial charge in [0.25, 0.3) is 17.0 Å². The molecule has 3 N–H and O–H groups in total. The minimum atomic E-state index is -0.738. The van der Waals surface area contributed by atoms with Crippen LogP contribution in [0.1, 0.15) is 48.1 Å². The van der Waals surface area contributed by atoms with Crippen LogP contribution in [0.15, 0.2) is 53.8 Å². The van der Waals surface area contributed by atoms with Crippen molar-refractivity contribution in [1.29, 1.82) is 0 Å². The van der Waals surface area contributed by atoms with Gasteiger partial charge in [-0.1, -0.05) is 73.5 Å². The molecule has 0 spiro atoms. The van der Waals surface area contributed by atoms with Crippen LogP contribution in [-0.4, -0.2) is 82.4 Å². The molecule has 14 nitrogen and oxygen atoms in total. The van der Waals surface area contributed by atoms with Crippen molar-refractivity contribution < 1.29 is 29.7 Å². The average molecular weight is 597 g/mol. The highest BCUT2D eigenvalue weighted by Gasteiger charge is 2.30. The predicted molar refractivity (Wildman–Crippen MR) is 148 cm³/mol. The van der Waals surface area contributed by atoms with Crippen LogP contribution in [0, 0.1) is 0 Å². The molecule has 2 aromatic carbocycles. The molecule has 0 saturated carbocycles. The summed E-state index contributed by atoms with van der Waals surface area (Å²) >= 11 is 6.43. The molecule has 220 valence electrons. The first-order valence-corrected chi connectivity index (χ1v) is 13.9. The molecule has 1 aliphatic rings. The number of hydrogen-bond acceptors (Lipinski definition) is 9. The van der Waals surface area contributed by atoms with E-state index in [1.165, 1.54) is 5.01 Å². The molecule has 42 heavy (non-hydrogen) atoms. The monoisotopic (exact) mass is 596 g/mol. The van der Waals surface area contributed by atoms with Crippen LogP contribution in [0.5, 0.6) is 0 Å². The zero-order valence-electron chi connectivity index (χ0n) is 22.9. The molecule has 1 saturated heterocycles. The van der Waals surface area contributed by atoms with Crippen LogP contribution in [0.4, 0.5) is 0 Å². The van der Waals surface area contributed by atoms with E-state index in [-0.39, 0.29) is 17.4 Å². The number of esters is 1. The molecular weight excluding hydrogens is 566 g/mol. The van der Waals surface area contributed by atoms with Gasteiger partial charge in [0.15, 0.2) is 16.7 Å². The minimum absolute atomic E-state index is 0.0316. The number of hydrogen-bond donors (Lipinski definition) is 3. The number of imidazole rings is 1. The number of ether oxygens (including phenoxy) is 1. The number of aliphatic hydroxyl groups is 1. The normalized spacial score (nSPS) is 15.3. The van der Waals surface area contributed by atoms with Crippen LogP contribution >= 0.6 is 11.6 Å². The lowest BCUT2D eigenvalue weighted by Gasteiger charge is -2.13. The summed E-state index contributed by atoms with van der Waals surface area (Å²) < 4.78 is 6.99. The Labute approximate surface area is 246 Å². The van der Waals surface area contributed by atoms with Crippen LogP contribution in [-0.2, 0) is 22.5 Å². The van der Waals surface area contributed by atoms with Gasteiger partial charge in [-0.25, -0.2) is 20.1 Å². The van der Waals surface area contributed by atoms with E-state index in [0.717, 1.165) is 35.1 Å². The van der Waals surface area contributed by atoms with Gasteiger partial charge in [-0.2, -0.15) is 0 Å². The second-order valence-corrected chi connectivity index (χ2v) is 10.1. The van der Waals surface area contributed by atoms with Crippen LogP contribution in [0.25, 0.3) is 22.5 Å². The van der Waals surface area contributed by atoms with Gasteiger partial charge in [0.2, 0.25) is 0 Å². The van der Waals surface area contributed by atoms with E-state index < -0.39 is 18.9 Å². The number of nitrogens with one attached hydrogen (secondary N) is 1. The average Bonchev–Trinajstić information content (AvgIpc) is 3.75. The fraction of sp³-hybridized carbons (Fsp3) is 0.370. The summed E-state index contributed by atoms with van der Waals surface area (Å²) in [6.45, 7) is 2.47. The summed E-state index contributed by atoms with van der Waals surface area (Å²) in [4.78, 5) is 22.9. The van der Waals surface area contributed by atoms with Crippen molar-refractivity contribution in [3.63, 3.8) is 0 Å². The SMILES string of the molecule is CCCCc1nc(Cl)c(C(=O)OCO/N=[N+](\O)N2CCC(O)C2)n1Cc1ccc(-c2ccccc2-c2nnn[nH]2)cc1. The number of aromatic amines is 1. The van der Waals surface area contributed by atoms with Crippen molar-refractivity contribution in [2.24, 2.45) is 5.28 Å². The number of unbranched alkanes of at least 4 members (excludes halogenated alkanes) is 1. The first-order chi connectivity index (χ1) is 20.4. The number of hydrazine groups is 1. The van der Waals surface area contributed by atoms with Gasteiger partial charge in [0.1, 0.15) is 12.4 Å². The number of rotatable bonds is 12. The molecule has 15 heteroatoms. The number of aliphatic hydroxyl groups excluding tert-OH is 1. The minimum Gasteiger partial charge on any atom is -0.421 e. The number of β-amino-alcohol motifs (C(OH)–C–C–N with tert-alkyl or cyclic N) is 1. The van der Waals surface area contributed by atoms with E-state index in [0.29, 0.717) is 42.5 Å². The van der Waals surface area contributed by atoms with E-state index in [4.69, 9.17) is 21.2 Å². The highest BCUT2D eigenvalue weighted by Crippen LogP contribution is 2.30. The highest BCUT2D eigenvalue weighted by molar-refractivity contribution is 6.32. The number of carbonyl (C=O) groups is 1. The number of nitrogens with zero attached hydrogens (tertiary/aromatic N) is 8. The fourth-order valence-electron chi connectivity index (χ4n) is 4.71. The Morgan fingerprint density at radius 2 is 2.00 bits per heavy atom. The zero-order valence-corrected chi connectivity index (χ0v) is 23.7. The molecule has 1 atom stereocenters. The summed E-state index contributed by atoms with van der Waals surface area (Å²) in [6, 6.07) is 15.8. The standard InChI is InChI=1S/C27H31ClN9O5/c1-2-3-8-23-29-25(28)24(27(39)41-17-42-34-37(40)35-14-13-20(38)16-35)36(23)15-18-9-11-19(12-10-18)21-6-4-5-7-22(21)26-30-32-33-31-26/h4-7,9-12,20,38H,2-3,8,13-17H2,1H3,(H,34,40)(H,30,31,32,33)/q+1. The van der Waals surface area contributed by atoms with Crippen LogP contribution in [0.2, 0.25) is 5.15 Å². The number of aromatic nitrogens is 6. The third-order valence-electron chi connectivity index (χ3n) is 6.85. The summed E-state index contributed by atoms with van der Waals surface area (Å²) in [5.41, 5.74) is 3.84. The third kappa shape index (κ3) is 6.66. The topological polar surface area (TPSA) is 167 Å². The first-order valence-electron chi connectivity index (χ1n) is 13.5. The van der Waals surface area contributed by atoms with Gasteiger partial charge in [0.05, 0.1) is 12.6 Å². The van der Waals surface area contributed by atoms with Crippen molar-refractivity contribution in [1.82, 2.24) is 35.2 Å². The fourth-order valence-corrected chi connectivity index (χ4v) is 4.98. The highest BCUT2D eigenvalue weighted by atomic mass is 35.5. The van der Waals surface area contributed by atoms with Crippen molar-refractivity contribution in [3.05, 3.63) is 70.8 Å². The van der Waals surface area contributed by atoms with Crippen molar-refractivity contribution in [2.45, 2.75) is 45.3 Å². The zero-order chi connectivity index (χ0) is 29.5. The van der Waals surface area contributed by atoms with Crippen LogP contribution < -0.4 is 0 Å². The Morgan fingerprint density at radius 1 is 1.21 bits per heavy atom. The van der Waals surface area contributed by atoms with Gasteiger partial charge < -0.3 is 14.4 Å². The number of tetrazole rings is 1. The van der Waals surface area contributed by atoms with Crippen LogP contribution in [0.3, 0.4) is 0 Å². The number of halogens is 1. The largest absolute Gasteiger partial charge is 0.421 e. The number of H-pyrrole nitrogens is 1. The second-order valence-electron chi connectivity index (χ2n) is 9.73. The number of aryl methyl sites for hydroxylation is 1. The van der Waals surface area contributed by atoms with E-state index >= 15 is 0 Å². The Bertz CT molecular complexity index is 1530. The molecule has 0 amide bonds. The molecule has 2 aromatic heterocycles. The lowest BCUT2D eigenvalue weighted by Crippen LogP contribution is -2.31. The van der Waals surface area contributed by atoms with Gasteiger partial charge in [-0.3, -0.25) is 4.84 Å². The van der Waals surface area contributed by atoms with Gasteiger partial charge in [-0.05, 0) is 40.0 Å². The number of benzene rings is 2. The molecule has 1 fully saturated rings. The predicted octanol–water partition coefficient (Wildman–Crippen LogP) is 3.66. The lowest BCUT2D eigenvalue weighted by atomic mass is 9.98. The summed E-state index contributed by atoms with van der Waals surface area (Å²) in [6.07, 6.45) is 2.39. The molecule has 3 heterocycles. The lowest BCUT2D eigenvalue weighted by molar-refractivity contribution is -0.940. The molecule has 1 aliphatic heterocycles. The van der Waals surface area contributed by atoms with Gasteiger partial charge in [-0.15, -0.1) is 10.1 Å². The molecule has 0 bridgehead atoms. The maximum atomic E-state index is 13.1. The van der Waals surface area contributed by atoms with E-state index in [2.05, 4.69) is 37.8 Å². The summed E-state index contributed by atoms with van der Waals surface area (Å²) in [5, 5.41) is 38.6. The molecular formula is C27H31ClN9O5+. The third-order valence-corrected chi connectivity index (χ3v) is 7.12. The van der Waals surface area contributed by atoms with Crippen molar-refractivity contribution in [3.8, 4) is 22.5 Å². The van der Waals surface area contributed by atoms with Crippen molar-refractivity contribution in [2.75, 3.05) is 19.9 Å². The molecule has 0 radical (unpaired) electrons. The Morgan fingerprint density at radius 3 is 2.69 bits per heavy atom. The quantitative estimate of drug-likeness (QED) is 0.0548. The Balaban J connectivity index is 1.31. The van der Waals surface area contributed by atoms with Crippen molar-refractivity contribution >= 4 is 17.6 Å². The summed E-state index contributed by atoms with van der Waals surface area (Å²) in [7, 11) is 0. The smallest absolute Gasteiger partial charge is 0.361 e. The Kier molecular flexibility index (Phi) is 9.24. The summed E-state index contributed by atoms with van der Waals surface area (Å²) in [5.74, 6) is 0.503. The van der Waals surface area contributed by atoms with E-state index in [1.54, 1.807) is 4.57 Å². The second kappa shape index (κ2) is 13.4. The molecule has 0 aliphatic carbocycles. The van der Waals surface area contributed by atoms with E-state index in [1.807, 2.05) is 48.5 Å². The maximum absolute atomic E-state index is 13.1. The first kappa shape index (κ1) is 29.0. The number of carbonyl (C=O) groups excluding carboxylic acids is 1. The van der Waals surface area contributed by atoms with Gasteiger partial charge >= 0.3 is 5.97 Å². The van der Waals surface area contributed by atoms with E-state index in [9.17, 15) is 15.1 Å². The Hall–Kier alpha value is -4.56. The molecule has 1 unspecified atom stereocenters. The molecule has 4 aromatic rings. The maximum Gasteiger partial charge on any atom is 0.361 e.